The van der Waals surface area contributed by atoms with Crippen LogP contribution in [0, 0.1) is 5.92 Å². The molecule has 1 saturated heterocycles. The van der Waals surface area contributed by atoms with E-state index in [0.29, 0.717) is 18.4 Å². The Morgan fingerprint density at radius 2 is 2.22 bits per heavy atom. The normalized spacial score (nSPS) is 36.8. The Balaban J connectivity index is 0.00000135. The number of piperidine rings is 1. The minimum absolute atomic E-state index is 0. The van der Waals surface area contributed by atoms with Crippen LogP contribution in [0.4, 0.5) is 0 Å². The number of carbonyl (C=O) groups is 1. The number of nitrogens with zero attached hydrogens (tertiary/aromatic N) is 1. The van der Waals surface area contributed by atoms with E-state index in [9.17, 15) is 4.79 Å². The molecule has 1 saturated carbocycles. The molecule has 5 rings (SSSR count). The van der Waals surface area contributed by atoms with Gasteiger partial charge in [-0.2, -0.15) is 0 Å². The van der Waals surface area contributed by atoms with Gasteiger partial charge >= 0.3 is 0 Å². The second kappa shape index (κ2) is 4.87. The minimum atomic E-state index is -0.284. The van der Waals surface area contributed by atoms with Gasteiger partial charge in [-0.15, -0.1) is 12.4 Å². The maximum Gasteiger partial charge on any atom is 0.174 e. The molecule has 2 aliphatic carbocycles. The SMILES string of the molecule is COc1ccc2c3c1O[C@H]1C(=O)CC[C@H]4[C@@H](C2)N(C)CC[C@]314.Cl. The van der Waals surface area contributed by atoms with E-state index in [0.717, 1.165) is 37.3 Å². The van der Waals surface area contributed by atoms with Crippen LogP contribution in [0.15, 0.2) is 12.1 Å². The molecule has 23 heavy (non-hydrogen) atoms. The largest absolute Gasteiger partial charge is 0.493 e. The maximum absolute atomic E-state index is 12.6. The first kappa shape index (κ1) is 15.3. The molecule has 0 N–H and O–H groups in total. The average molecular weight is 336 g/mol. The summed E-state index contributed by atoms with van der Waals surface area (Å²) in [6.07, 6.45) is 3.47. The monoisotopic (exact) mass is 335 g/mol. The zero-order valence-corrected chi connectivity index (χ0v) is 14.3. The Labute approximate surface area is 142 Å². The smallest absolute Gasteiger partial charge is 0.174 e. The number of carbonyl (C=O) groups excluding carboxylic acids is 1. The number of rotatable bonds is 1. The maximum atomic E-state index is 12.6. The molecular formula is C18H22ClNO3. The molecule has 1 aromatic carbocycles. The van der Waals surface area contributed by atoms with E-state index in [1.165, 1.54) is 11.1 Å². The summed E-state index contributed by atoms with van der Waals surface area (Å²) in [4.78, 5) is 15.1. The highest BCUT2D eigenvalue weighted by Crippen LogP contribution is 2.62. The molecule has 2 bridgehead atoms. The summed E-state index contributed by atoms with van der Waals surface area (Å²) in [5.41, 5.74) is 2.57. The van der Waals surface area contributed by atoms with E-state index in [1.54, 1.807) is 7.11 Å². The van der Waals surface area contributed by atoms with Crippen molar-refractivity contribution in [1.82, 2.24) is 4.90 Å². The standard InChI is InChI=1S/C18H21NO3.ClH/c1-19-8-7-18-11-4-5-13(20)17(18)22-16-14(21-2)6-3-10(15(16)18)9-12(11)19;/h3,6,11-12,17H,4-5,7-9H2,1-2H3;1H/t11-,12+,17-,18-;/m0./s1. The van der Waals surface area contributed by atoms with Crippen LogP contribution < -0.4 is 9.47 Å². The molecule has 0 aromatic heterocycles. The van der Waals surface area contributed by atoms with Gasteiger partial charge in [0, 0.05) is 23.4 Å². The highest BCUT2D eigenvalue weighted by molar-refractivity contribution is 5.89. The molecule has 4 nitrogen and oxygen atoms in total. The summed E-state index contributed by atoms with van der Waals surface area (Å²) in [6.45, 7) is 1.05. The Morgan fingerprint density at radius 3 is 3.00 bits per heavy atom. The second-order valence-electron chi connectivity index (χ2n) is 7.28. The first-order valence-electron chi connectivity index (χ1n) is 8.27. The number of ether oxygens (including phenoxy) is 2. The number of ketones is 1. The molecule has 0 radical (unpaired) electrons. The zero-order valence-electron chi connectivity index (χ0n) is 13.5. The highest BCUT2D eigenvalue weighted by Gasteiger charge is 2.65. The molecule has 1 spiro atoms. The summed E-state index contributed by atoms with van der Waals surface area (Å²) < 4.78 is 11.8. The first-order valence-corrected chi connectivity index (χ1v) is 8.27. The van der Waals surface area contributed by atoms with Crippen LogP contribution >= 0.6 is 12.4 Å². The molecule has 4 aliphatic rings. The van der Waals surface area contributed by atoms with E-state index < -0.39 is 0 Å². The van der Waals surface area contributed by atoms with Gasteiger partial charge in [-0.25, -0.2) is 0 Å². The summed E-state index contributed by atoms with van der Waals surface area (Å²) in [5, 5.41) is 0. The van der Waals surface area contributed by atoms with Crippen LogP contribution in [0.5, 0.6) is 11.5 Å². The predicted octanol–water partition coefficient (Wildman–Crippen LogP) is 2.36. The highest BCUT2D eigenvalue weighted by atomic mass is 35.5. The lowest BCUT2D eigenvalue weighted by Gasteiger charge is -2.57. The lowest BCUT2D eigenvalue weighted by molar-refractivity contribution is -0.138. The van der Waals surface area contributed by atoms with Crippen molar-refractivity contribution >= 4 is 18.2 Å². The fraction of sp³-hybridized carbons (Fsp3) is 0.611. The fourth-order valence-electron chi connectivity index (χ4n) is 5.67. The van der Waals surface area contributed by atoms with Crippen molar-refractivity contribution < 1.29 is 14.3 Å². The van der Waals surface area contributed by atoms with Gasteiger partial charge in [0.2, 0.25) is 0 Å². The van der Waals surface area contributed by atoms with Crippen molar-refractivity contribution in [2.24, 2.45) is 5.92 Å². The van der Waals surface area contributed by atoms with Gasteiger partial charge < -0.3 is 14.4 Å². The van der Waals surface area contributed by atoms with Crippen LogP contribution in [-0.4, -0.2) is 43.5 Å². The second-order valence-corrected chi connectivity index (χ2v) is 7.28. The number of Topliss-reactive ketones (excluding diaryl/α,β-unsaturated/α-hetero) is 1. The molecular weight excluding hydrogens is 314 g/mol. The lowest BCUT2D eigenvalue weighted by atomic mass is 9.52. The number of hydrogen-bond acceptors (Lipinski definition) is 4. The summed E-state index contributed by atoms with van der Waals surface area (Å²) in [7, 11) is 3.91. The molecule has 1 aromatic rings. The number of hydrogen-bond donors (Lipinski definition) is 0. The van der Waals surface area contributed by atoms with Crippen molar-refractivity contribution in [2.75, 3.05) is 20.7 Å². The number of benzene rings is 1. The molecule has 124 valence electrons. The summed E-state index contributed by atoms with van der Waals surface area (Å²) >= 11 is 0. The zero-order chi connectivity index (χ0) is 15.1. The van der Waals surface area contributed by atoms with Crippen LogP contribution in [0.1, 0.15) is 30.4 Å². The third-order valence-corrected chi connectivity index (χ3v) is 6.59. The fourth-order valence-corrected chi connectivity index (χ4v) is 5.67. The Morgan fingerprint density at radius 1 is 1.39 bits per heavy atom. The van der Waals surface area contributed by atoms with Gasteiger partial charge in [-0.3, -0.25) is 4.79 Å². The van der Waals surface area contributed by atoms with E-state index in [4.69, 9.17) is 9.47 Å². The Hall–Kier alpha value is -1.26. The quantitative estimate of drug-likeness (QED) is 0.789. The summed E-state index contributed by atoms with van der Waals surface area (Å²) in [5.74, 6) is 2.46. The topological polar surface area (TPSA) is 38.8 Å². The third-order valence-electron chi connectivity index (χ3n) is 6.59. The third kappa shape index (κ3) is 1.64. The van der Waals surface area contributed by atoms with Gasteiger partial charge in [0.05, 0.1) is 7.11 Å². The van der Waals surface area contributed by atoms with Gasteiger partial charge in [-0.1, -0.05) is 6.07 Å². The molecule has 2 aliphatic heterocycles. The Kier molecular flexibility index (Phi) is 3.23. The van der Waals surface area contributed by atoms with Crippen molar-refractivity contribution in [2.45, 2.75) is 43.2 Å². The Bertz CT molecular complexity index is 691. The van der Waals surface area contributed by atoms with Crippen molar-refractivity contribution in [3.05, 3.63) is 23.3 Å². The molecule has 2 heterocycles. The molecule has 0 unspecified atom stereocenters. The predicted molar refractivity (Wildman–Crippen MR) is 88.8 cm³/mol. The number of likely N-dealkylation sites (tertiary alicyclic amines) is 1. The number of methoxy groups -OCH3 is 1. The summed E-state index contributed by atoms with van der Waals surface area (Å²) in [6, 6.07) is 4.73. The number of halogens is 1. The van der Waals surface area contributed by atoms with Gasteiger partial charge in [-0.05, 0) is 50.4 Å². The van der Waals surface area contributed by atoms with Gasteiger partial charge in [0.1, 0.15) is 0 Å². The number of likely N-dealkylation sites (N-methyl/N-ethyl adjacent to an activating group) is 1. The van der Waals surface area contributed by atoms with Crippen LogP contribution in [0.2, 0.25) is 0 Å². The first-order chi connectivity index (χ1) is 10.7. The van der Waals surface area contributed by atoms with E-state index in [1.807, 2.05) is 6.07 Å². The van der Waals surface area contributed by atoms with Crippen molar-refractivity contribution in [3.63, 3.8) is 0 Å². The van der Waals surface area contributed by atoms with E-state index in [-0.39, 0.29) is 29.7 Å². The minimum Gasteiger partial charge on any atom is -0.493 e. The van der Waals surface area contributed by atoms with Gasteiger partial charge in [0.25, 0.3) is 0 Å². The molecule has 4 atom stereocenters. The van der Waals surface area contributed by atoms with Gasteiger partial charge in [0.15, 0.2) is 23.4 Å². The van der Waals surface area contributed by atoms with E-state index in [2.05, 4.69) is 18.0 Å². The molecule has 5 heteroatoms. The van der Waals surface area contributed by atoms with E-state index >= 15 is 0 Å². The lowest BCUT2D eigenvalue weighted by Crippen LogP contribution is -2.65. The van der Waals surface area contributed by atoms with Crippen LogP contribution in [-0.2, 0) is 16.6 Å². The molecule has 2 fully saturated rings. The molecule has 0 amide bonds. The average Bonchev–Trinajstić information content (AvgIpc) is 2.88. The van der Waals surface area contributed by atoms with Crippen LogP contribution in [0.25, 0.3) is 0 Å². The van der Waals surface area contributed by atoms with Crippen LogP contribution in [0.3, 0.4) is 0 Å². The van der Waals surface area contributed by atoms with Crippen molar-refractivity contribution in [1.29, 1.82) is 0 Å². The van der Waals surface area contributed by atoms with Crippen molar-refractivity contribution in [3.8, 4) is 11.5 Å².